The van der Waals surface area contributed by atoms with E-state index in [1.54, 1.807) is 0 Å². The molecule has 0 saturated carbocycles. The standard InChI is InChI=1S/C18H28N4O2/c1-15(2)19-18(23)22-9-7-20(8-10-22)16-5-3-4-6-17(16)21-11-13-24-14-12-21/h3-6,15H,7-14H2,1-2H3,(H,19,23). The number of carbonyl (C=O) groups excluding carboxylic acids is 1. The Kier molecular flexibility index (Phi) is 5.45. The fraction of sp³-hybridized carbons (Fsp3) is 0.611. The fourth-order valence-electron chi connectivity index (χ4n) is 3.29. The molecule has 1 aromatic carbocycles. The van der Waals surface area contributed by atoms with Crippen molar-refractivity contribution < 1.29 is 9.53 Å². The molecule has 0 radical (unpaired) electrons. The zero-order valence-electron chi connectivity index (χ0n) is 14.7. The number of piperazine rings is 1. The number of urea groups is 1. The number of nitrogens with zero attached hydrogens (tertiary/aromatic N) is 3. The first-order valence-corrected chi connectivity index (χ1v) is 8.87. The minimum atomic E-state index is 0.0473. The van der Waals surface area contributed by atoms with Crippen LogP contribution in [-0.4, -0.2) is 69.5 Å². The van der Waals surface area contributed by atoms with E-state index >= 15 is 0 Å². The normalized spacial score (nSPS) is 18.9. The Hall–Kier alpha value is -1.95. The quantitative estimate of drug-likeness (QED) is 0.916. The van der Waals surface area contributed by atoms with E-state index < -0.39 is 0 Å². The molecule has 2 amide bonds. The van der Waals surface area contributed by atoms with Crippen LogP contribution in [0.3, 0.4) is 0 Å². The summed E-state index contributed by atoms with van der Waals surface area (Å²) in [5, 5.41) is 2.98. The lowest BCUT2D eigenvalue weighted by Crippen LogP contribution is -2.53. The van der Waals surface area contributed by atoms with Gasteiger partial charge in [-0.15, -0.1) is 0 Å². The maximum atomic E-state index is 12.1. The van der Waals surface area contributed by atoms with Gasteiger partial charge in [-0.05, 0) is 26.0 Å². The van der Waals surface area contributed by atoms with Gasteiger partial charge < -0.3 is 24.8 Å². The zero-order chi connectivity index (χ0) is 16.9. The molecule has 2 heterocycles. The molecule has 2 aliphatic rings. The molecule has 0 bridgehead atoms. The third kappa shape index (κ3) is 3.93. The van der Waals surface area contributed by atoms with E-state index in [4.69, 9.17) is 4.74 Å². The number of carbonyl (C=O) groups is 1. The number of morpholine rings is 1. The Morgan fingerprint density at radius 3 is 2.04 bits per heavy atom. The Bertz CT molecular complexity index is 550. The molecule has 0 aromatic heterocycles. The lowest BCUT2D eigenvalue weighted by atomic mass is 10.2. The smallest absolute Gasteiger partial charge is 0.317 e. The van der Waals surface area contributed by atoms with Crippen LogP contribution in [0.25, 0.3) is 0 Å². The second-order valence-corrected chi connectivity index (χ2v) is 6.67. The Morgan fingerprint density at radius 1 is 0.958 bits per heavy atom. The summed E-state index contributed by atoms with van der Waals surface area (Å²) in [5.41, 5.74) is 2.55. The second-order valence-electron chi connectivity index (χ2n) is 6.67. The number of rotatable bonds is 3. The van der Waals surface area contributed by atoms with Crippen molar-refractivity contribution in [3.8, 4) is 0 Å². The minimum absolute atomic E-state index is 0.0473. The third-order valence-electron chi connectivity index (χ3n) is 4.55. The van der Waals surface area contributed by atoms with Crippen molar-refractivity contribution in [1.29, 1.82) is 0 Å². The number of nitrogens with one attached hydrogen (secondary N) is 1. The van der Waals surface area contributed by atoms with Gasteiger partial charge >= 0.3 is 6.03 Å². The van der Waals surface area contributed by atoms with Crippen molar-refractivity contribution in [2.75, 3.05) is 62.3 Å². The van der Waals surface area contributed by atoms with E-state index in [1.165, 1.54) is 11.4 Å². The van der Waals surface area contributed by atoms with Crippen LogP contribution in [0.1, 0.15) is 13.8 Å². The molecule has 0 unspecified atom stereocenters. The van der Waals surface area contributed by atoms with Crippen LogP contribution in [0.5, 0.6) is 0 Å². The first-order chi connectivity index (χ1) is 11.6. The molecule has 0 atom stereocenters. The van der Waals surface area contributed by atoms with Crippen molar-refractivity contribution in [2.24, 2.45) is 0 Å². The van der Waals surface area contributed by atoms with E-state index in [9.17, 15) is 4.79 Å². The van der Waals surface area contributed by atoms with E-state index in [0.29, 0.717) is 0 Å². The molecular formula is C18H28N4O2. The molecule has 1 N–H and O–H groups in total. The van der Waals surface area contributed by atoms with E-state index in [-0.39, 0.29) is 12.1 Å². The van der Waals surface area contributed by atoms with Crippen LogP contribution in [0, 0.1) is 0 Å². The number of ether oxygens (including phenoxy) is 1. The van der Waals surface area contributed by atoms with Crippen LogP contribution >= 0.6 is 0 Å². The third-order valence-corrected chi connectivity index (χ3v) is 4.55. The Morgan fingerprint density at radius 2 is 1.50 bits per heavy atom. The molecule has 6 nitrogen and oxygen atoms in total. The number of anilines is 2. The molecule has 6 heteroatoms. The predicted octanol–water partition coefficient (Wildman–Crippen LogP) is 1.76. The number of para-hydroxylation sites is 2. The molecule has 2 fully saturated rings. The van der Waals surface area contributed by atoms with Crippen molar-refractivity contribution in [1.82, 2.24) is 10.2 Å². The molecule has 3 rings (SSSR count). The van der Waals surface area contributed by atoms with Crippen LogP contribution in [-0.2, 0) is 4.74 Å². The van der Waals surface area contributed by atoms with Gasteiger partial charge in [0.15, 0.2) is 0 Å². The van der Waals surface area contributed by atoms with Gasteiger partial charge in [-0.3, -0.25) is 0 Å². The fourth-order valence-corrected chi connectivity index (χ4v) is 3.29. The summed E-state index contributed by atoms with van der Waals surface area (Å²) in [6.07, 6.45) is 0. The maximum absolute atomic E-state index is 12.1. The summed E-state index contributed by atoms with van der Waals surface area (Å²) in [7, 11) is 0. The highest BCUT2D eigenvalue weighted by Crippen LogP contribution is 2.30. The monoisotopic (exact) mass is 332 g/mol. The Balaban J connectivity index is 1.65. The Labute approximate surface area is 144 Å². The van der Waals surface area contributed by atoms with Gasteiger partial charge in [-0.2, -0.15) is 0 Å². The summed E-state index contributed by atoms with van der Waals surface area (Å²) in [5.74, 6) is 0. The SMILES string of the molecule is CC(C)NC(=O)N1CCN(c2ccccc2N2CCOCC2)CC1. The molecule has 132 valence electrons. The summed E-state index contributed by atoms with van der Waals surface area (Å²) in [6, 6.07) is 8.80. The second kappa shape index (κ2) is 7.75. The van der Waals surface area contributed by atoms with Crippen LogP contribution in [0.2, 0.25) is 0 Å². The average molecular weight is 332 g/mol. The van der Waals surface area contributed by atoms with E-state index in [0.717, 1.165) is 52.5 Å². The van der Waals surface area contributed by atoms with E-state index in [1.807, 2.05) is 18.7 Å². The highest BCUT2D eigenvalue weighted by Gasteiger charge is 2.24. The van der Waals surface area contributed by atoms with E-state index in [2.05, 4.69) is 39.4 Å². The molecule has 24 heavy (non-hydrogen) atoms. The molecule has 0 spiro atoms. The van der Waals surface area contributed by atoms with Gasteiger partial charge in [0.25, 0.3) is 0 Å². The van der Waals surface area contributed by atoms with Crippen LogP contribution < -0.4 is 15.1 Å². The van der Waals surface area contributed by atoms with Crippen molar-refractivity contribution in [3.05, 3.63) is 24.3 Å². The number of hydrogen-bond donors (Lipinski definition) is 1. The first-order valence-electron chi connectivity index (χ1n) is 8.87. The summed E-state index contributed by atoms with van der Waals surface area (Å²) >= 11 is 0. The minimum Gasteiger partial charge on any atom is -0.378 e. The number of hydrogen-bond acceptors (Lipinski definition) is 4. The summed E-state index contributed by atoms with van der Waals surface area (Å²) in [6.45, 7) is 10.7. The first kappa shape index (κ1) is 16.9. The van der Waals surface area contributed by atoms with Gasteiger partial charge in [0, 0.05) is 45.3 Å². The lowest BCUT2D eigenvalue weighted by molar-refractivity contribution is 0.122. The number of benzene rings is 1. The van der Waals surface area contributed by atoms with Crippen molar-refractivity contribution >= 4 is 17.4 Å². The van der Waals surface area contributed by atoms with Crippen LogP contribution in [0.4, 0.5) is 16.2 Å². The number of amides is 2. The molecular weight excluding hydrogens is 304 g/mol. The largest absolute Gasteiger partial charge is 0.378 e. The molecule has 2 aliphatic heterocycles. The van der Waals surface area contributed by atoms with Gasteiger partial charge in [-0.25, -0.2) is 4.79 Å². The molecule has 0 aliphatic carbocycles. The summed E-state index contributed by atoms with van der Waals surface area (Å²) in [4.78, 5) is 18.8. The van der Waals surface area contributed by atoms with Gasteiger partial charge in [0.05, 0.1) is 24.6 Å². The molecule has 2 saturated heterocycles. The summed E-state index contributed by atoms with van der Waals surface area (Å²) < 4.78 is 5.47. The topological polar surface area (TPSA) is 48.1 Å². The van der Waals surface area contributed by atoms with Crippen LogP contribution in [0.15, 0.2) is 24.3 Å². The molecule has 1 aromatic rings. The van der Waals surface area contributed by atoms with Gasteiger partial charge in [0.2, 0.25) is 0 Å². The van der Waals surface area contributed by atoms with Crippen molar-refractivity contribution in [2.45, 2.75) is 19.9 Å². The zero-order valence-corrected chi connectivity index (χ0v) is 14.7. The van der Waals surface area contributed by atoms with Gasteiger partial charge in [-0.1, -0.05) is 12.1 Å². The predicted molar refractivity (Wildman–Crippen MR) is 96.9 cm³/mol. The lowest BCUT2D eigenvalue weighted by Gasteiger charge is -2.39. The maximum Gasteiger partial charge on any atom is 0.317 e. The average Bonchev–Trinajstić information content (AvgIpc) is 2.62. The van der Waals surface area contributed by atoms with Crippen molar-refractivity contribution in [3.63, 3.8) is 0 Å². The highest BCUT2D eigenvalue weighted by atomic mass is 16.5. The van der Waals surface area contributed by atoms with Gasteiger partial charge in [0.1, 0.15) is 0 Å². The highest BCUT2D eigenvalue weighted by molar-refractivity contribution is 5.76.